The molecule has 66 valence electrons. The number of anilines is 1. The Balaban J connectivity index is 2.49. The zero-order valence-electron chi connectivity index (χ0n) is 6.53. The maximum Gasteiger partial charge on any atom is 0.204 e. The number of tetrazole rings is 1. The summed E-state index contributed by atoms with van der Waals surface area (Å²) in [7, 11) is 0. The van der Waals surface area contributed by atoms with Crippen LogP contribution in [-0.4, -0.2) is 20.6 Å². The van der Waals surface area contributed by atoms with Crippen LogP contribution in [0.4, 0.5) is 10.1 Å². The van der Waals surface area contributed by atoms with Crippen LogP contribution in [0.1, 0.15) is 0 Å². The minimum atomic E-state index is -0.484. The van der Waals surface area contributed by atoms with E-state index in [9.17, 15) is 4.39 Å². The van der Waals surface area contributed by atoms with E-state index < -0.39 is 5.82 Å². The zero-order valence-corrected chi connectivity index (χ0v) is 6.53. The number of H-pyrrole nitrogens is 1. The predicted molar refractivity (Wildman–Crippen MR) is 44.0 cm³/mol. The summed E-state index contributed by atoms with van der Waals surface area (Å²) in [6.45, 7) is 0. The molecule has 0 aliphatic heterocycles. The number of nitrogens with one attached hydrogen (secondary N) is 1. The zero-order chi connectivity index (χ0) is 9.26. The Morgan fingerprint density at radius 1 is 1.38 bits per heavy atom. The molecule has 0 saturated carbocycles. The largest absolute Gasteiger partial charge is 0.396 e. The molecule has 1 heterocycles. The van der Waals surface area contributed by atoms with Gasteiger partial charge in [-0.25, -0.2) is 4.39 Å². The monoisotopic (exact) mass is 179 g/mol. The quantitative estimate of drug-likeness (QED) is 0.628. The number of nitrogens with zero attached hydrogens (tertiary/aromatic N) is 3. The van der Waals surface area contributed by atoms with Gasteiger partial charge in [0.1, 0.15) is 5.82 Å². The van der Waals surface area contributed by atoms with Gasteiger partial charge in [0.25, 0.3) is 0 Å². The van der Waals surface area contributed by atoms with Crippen LogP contribution < -0.4 is 5.73 Å². The number of hydrogen-bond acceptors (Lipinski definition) is 4. The lowest BCUT2D eigenvalue weighted by molar-refractivity contribution is 0.633. The van der Waals surface area contributed by atoms with Gasteiger partial charge in [0.05, 0.1) is 5.69 Å². The molecule has 13 heavy (non-hydrogen) atoms. The highest BCUT2D eigenvalue weighted by Crippen LogP contribution is 2.18. The molecule has 6 heteroatoms. The molecule has 0 aliphatic carbocycles. The second kappa shape index (κ2) is 2.81. The highest BCUT2D eigenvalue weighted by molar-refractivity contribution is 5.58. The van der Waals surface area contributed by atoms with Crippen molar-refractivity contribution in [1.82, 2.24) is 20.6 Å². The van der Waals surface area contributed by atoms with Crippen LogP contribution in [0, 0.1) is 5.82 Å². The van der Waals surface area contributed by atoms with Crippen molar-refractivity contribution in [3.63, 3.8) is 0 Å². The summed E-state index contributed by atoms with van der Waals surface area (Å²) in [4.78, 5) is 0. The molecule has 5 nitrogen and oxygen atoms in total. The Morgan fingerprint density at radius 3 is 2.85 bits per heavy atom. The van der Waals surface area contributed by atoms with E-state index >= 15 is 0 Å². The normalized spacial score (nSPS) is 10.2. The number of rotatable bonds is 1. The number of aromatic nitrogens is 4. The van der Waals surface area contributed by atoms with E-state index in [2.05, 4.69) is 20.6 Å². The van der Waals surface area contributed by atoms with Crippen molar-refractivity contribution < 1.29 is 4.39 Å². The fourth-order valence-corrected chi connectivity index (χ4v) is 0.950. The molecule has 0 amide bonds. The first-order valence-corrected chi connectivity index (χ1v) is 3.56. The fourth-order valence-electron chi connectivity index (χ4n) is 0.950. The number of hydrogen-bond donors (Lipinski definition) is 2. The molecule has 2 aromatic rings. The first kappa shape index (κ1) is 7.66. The molecule has 1 aromatic heterocycles. The SMILES string of the molecule is Nc1ccc(-c2nn[nH]n2)cc1F. The third kappa shape index (κ3) is 1.33. The van der Waals surface area contributed by atoms with Gasteiger partial charge in [-0.1, -0.05) is 0 Å². The van der Waals surface area contributed by atoms with E-state index in [1.807, 2.05) is 0 Å². The summed E-state index contributed by atoms with van der Waals surface area (Å²) in [5, 5.41) is 13.0. The van der Waals surface area contributed by atoms with Crippen LogP contribution >= 0.6 is 0 Å². The molecule has 0 unspecified atom stereocenters. The molecular weight excluding hydrogens is 173 g/mol. The van der Waals surface area contributed by atoms with E-state index in [0.29, 0.717) is 11.4 Å². The Labute approximate surface area is 72.8 Å². The summed E-state index contributed by atoms with van der Waals surface area (Å²) in [5.74, 6) is -0.138. The van der Waals surface area contributed by atoms with E-state index in [1.165, 1.54) is 12.1 Å². The first-order valence-electron chi connectivity index (χ1n) is 3.56. The van der Waals surface area contributed by atoms with Gasteiger partial charge < -0.3 is 5.73 Å². The smallest absolute Gasteiger partial charge is 0.204 e. The molecule has 1 aromatic carbocycles. The van der Waals surface area contributed by atoms with Crippen molar-refractivity contribution in [3.8, 4) is 11.4 Å². The van der Waals surface area contributed by atoms with E-state index in [0.717, 1.165) is 0 Å². The van der Waals surface area contributed by atoms with E-state index in [-0.39, 0.29) is 5.69 Å². The first-order chi connectivity index (χ1) is 6.27. The molecule has 0 bridgehead atoms. The third-order valence-corrected chi connectivity index (χ3v) is 1.60. The lowest BCUT2D eigenvalue weighted by Crippen LogP contribution is -1.91. The van der Waals surface area contributed by atoms with Gasteiger partial charge >= 0.3 is 0 Å². The van der Waals surface area contributed by atoms with Gasteiger partial charge in [0, 0.05) is 5.56 Å². The molecule has 0 atom stereocenters. The van der Waals surface area contributed by atoms with Gasteiger partial charge in [0.2, 0.25) is 5.82 Å². The van der Waals surface area contributed by atoms with Crippen LogP contribution in [0.3, 0.4) is 0 Å². The Hall–Kier alpha value is -1.98. The molecule has 0 fully saturated rings. The Bertz CT molecular complexity index is 411. The summed E-state index contributed by atoms with van der Waals surface area (Å²) < 4.78 is 13.0. The van der Waals surface area contributed by atoms with E-state index in [4.69, 9.17) is 5.73 Å². The highest BCUT2D eigenvalue weighted by atomic mass is 19.1. The molecular formula is C7H6FN5. The average molecular weight is 179 g/mol. The summed E-state index contributed by atoms with van der Waals surface area (Å²) >= 11 is 0. The van der Waals surface area contributed by atoms with Gasteiger partial charge in [0.15, 0.2) is 0 Å². The fraction of sp³-hybridized carbons (Fsp3) is 0. The van der Waals surface area contributed by atoms with Crippen molar-refractivity contribution >= 4 is 5.69 Å². The maximum atomic E-state index is 13.0. The lowest BCUT2D eigenvalue weighted by atomic mass is 10.2. The Morgan fingerprint density at radius 2 is 2.23 bits per heavy atom. The van der Waals surface area contributed by atoms with Crippen LogP contribution in [0.15, 0.2) is 18.2 Å². The highest BCUT2D eigenvalue weighted by Gasteiger charge is 2.05. The minimum Gasteiger partial charge on any atom is -0.396 e. The summed E-state index contributed by atoms with van der Waals surface area (Å²) in [5.41, 5.74) is 5.95. The molecule has 2 rings (SSSR count). The number of aromatic amines is 1. The van der Waals surface area contributed by atoms with Crippen molar-refractivity contribution in [1.29, 1.82) is 0 Å². The number of nitrogens with two attached hydrogens (primary N) is 1. The second-order valence-corrected chi connectivity index (χ2v) is 2.47. The van der Waals surface area contributed by atoms with E-state index in [1.54, 1.807) is 6.07 Å². The molecule has 0 aliphatic rings. The average Bonchev–Trinajstić information content (AvgIpc) is 2.62. The van der Waals surface area contributed by atoms with Crippen LogP contribution in [0.2, 0.25) is 0 Å². The van der Waals surface area contributed by atoms with Crippen molar-refractivity contribution in [3.05, 3.63) is 24.0 Å². The number of nitrogen functional groups attached to an aromatic ring is 1. The van der Waals surface area contributed by atoms with Gasteiger partial charge in [-0.2, -0.15) is 5.21 Å². The van der Waals surface area contributed by atoms with Gasteiger partial charge in [-0.05, 0) is 23.4 Å². The van der Waals surface area contributed by atoms with Crippen molar-refractivity contribution in [2.75, 3.05) is 5.73 Å². The molecule has 0 spiro atoms. The van der Waals surface area contributed by atoms with Crippen molar-refractivity contribution in [2.45, 2.75) is 0 Å². The van der Waals surface area contributed by atoms with Crippen LogP contribution in [0.5, 0.6) is 0 Å². The van der Waals surface area contributed by atoms with Crippen molar-refractivity contribution in [2.24, 2.45) is 0 Å². The summed E-state index contributed by atoms with van der Waals surface area (Å²) in [6, 6.07) is 4.35. The molecule has 3 N–H and O–H groups in total. The van der Waals surface area contributed by atoms with Crippen LogP contribution in [0.25, 0.3) is 11.4 Å². The predicted octanol–water partition coefficient (Wildman–Crippen LogP) is 0.588. The minimum absolute atomic E-state index is 0.104. The maximum absolute atomic E-state index is 13.0. The van der Waals surface area contributed by atoms with Gasteiger partial charge in [-0.3, -0.25) is 0 Å². The second-order valence-electron chi connectivity index (χ2n) is 2.47. The Kier molecular flexibility index (Phi) is 1.66. The van der Waals surface area contributed by atoms with Crippen LogP contribution in [-0.2, 0) is 0 Å². The third-order valence-electron chi connectivity index (χ3n) is 1.60. The lowest BCUT2D eigenvalue weighted by Gasteiger charge is -1.97. The molecule has 0 saturated heterocycles. The van der Waals surface area contributed by atoms with Gasteiger partial charge in [-0.15, -0.1) is 10.2 Å². The topological polar surface area (TPSA) is 80.5 Å². The molecule has 0 radical (unpaired) electrons. The number of halogens is 1. The standard InChI is InChI=1S/C7H6FN5/c8-5-3-4(1-2-6(5)9)7-10-12-13-11-7/h1-3H,9H2,(H,10,11,12,13). The number of benzene rings is 1. The summed E-state index contributed by atoms with van der Waals surface area (Å²) in [6.07, 6.45) is 0.